The van der Waals surface area contributed by atoms with Crippen LogP contribution in [0.2, 0.25) is 0 Å². The van der Waals surface area contributed by atoms with E-state index in [9.17, 15) is 19.5 Å². The summed E-state index contributed by atoms with van der Waals surface area (Å²) in [5.74, 6) is -0.147. The lowest BCUT2D eigenvalue weighted by Gasteiger charge is -2.26. The molecule has 1 rings (SSSR count). The number of amides is 2. The summed E-state index contributed by atoms with van der Waals surface area (Å²) < 4.78 is 0. The van der Waals surface area contributed by atoms with E-state index in [-0.39, 0.29) is 11.5 Å². The summed E-state index contributed by atoms with van der Waals surface area (Å²) >= 11 is 1.16. The first-order chi connectivity index (χ1) is 12.3. The summed E-state index contributed by atoms with van der Waals surface area (Å²) in [5.41, 5.74) is 0.848. The lowest BCUT2D eigenvalue weighted by Crippen LogP contribution is -2.49. The minimum absolute atomic E-state index is 0.00158. The van der Waals surface area contributed by atoms with Crippen LogP contribution in [0.1, 0.15) is 32.8 Å². The van der Waals surface area contributed by atoms with Crippen LogP contribution in [0.3, 0.4) is 0 Å². The number of aliphatic carboxylic acids is 1. The summed E-state index contributed by atoms with van der Waals surface area (Å²) in [5, 5.41) is 12.1. The molecule has 0 aliphatic rings. The number of rotatable bonds is 10. The highest BCUT2D eigenvalue weighted by Gasteiger charge is 2.23. The van der Waals surface area contributed by atoms with Gasteiger partial charge in [-0.25, -0.2) is 9.59 Å². The lowest BCUT2D eigenvalue weighted by atomic mass is 10.1. The van der Waals surface area contributed by atoms with Crippen molar-refractivity contribution in [3.8, 4) is 0 Å². The topological polar surface area (TPSA) is 86.7 Å². The van der Waals surface area contributed by atoms with Gasteiger partial charge in [0.2, 0.25) is 0 Å². The summed E-state index contributed by atoms with van der Waals surface area (Å²) in [6.07, 6.45) is 1.04. The maximum absolute atomic E-state index is 12.6. The van der Waals surface area contributed by atoms with E-state index in [2.05, 4.69) is 19.2 Å². The van der Waals surface area contributed by atoms with Crippen molar-refractivity contribution in [2.75, 3.05) is 18.8 Å². The number of carbonyl (C=O) groups excluding carboxylic acids is 2. The van der Waals surface area contributed by atoms with Crippen molar-refractivity contribution < 1.29 is 19.5 Å². The van der Waals surface area contributed by atoms with Gasteiger partial charge in [-0.1, -0.05) is 55.9 Å². The molecule has 0 radical (unpaired) electrons. The summed E-state index contributed by atoms with van der Waals surface area (Å²) in [4.78, 5) is 36.8. The number of hydrogen-bond donors (Lipinski definition) is 2. The molecule has 26 heavy (non-hydrogen) atoms. The normalized spacial score (nSPS) is 11.8. The number of carbonyl (C=O) groups is 3. The van der Waals surface area contributed by atoms with Gasteiger partial charge in [0.1, 0.15) is 6.04 Å². The number of nitrogens with one attached hydrogen (secondary N) is 1. The summed E-state index contributed by atoms with van der Waals surface area (Å²) in [6, 6.07) is 7.81. The molecule has 1 unspecified atom stereocenters. The lowest BCUT2D eigenvalue weighted by molar-refractivity contribution is -0.139. The van der Waals surface area contributed by atoms with Gasteiger partial charge < -0.3 is 15.3 Å². The Hall–Kier alpha value is -2.02. The number of urea groups is 1. The minimum atomic E-state index is -1.07. The monoisotopic (exact) mass is 380 g/mol. The van der Waals surface area contributed by atoms with E-state index in [1.54, 1.807) is 4.90 Å². The van der Waals surface area contributed by atoms with E-state index in [1.165, 1.54) is 6.92 Å². The fraction of sp³-hybridized carbons (Fsp3) is 0.526. The second kappa shape index (κ2) is 11.6. The molecule has 0 aliphatic carbocycles. The SMILES string of the molecule is CC(=O)SCCN(CCC(C)C)C(=O)NC(Cc1ccccc1)C(=O)O. The molecule has 0 heterocycles. The van der Waals surface area contributed by atoms with Gasteiger partial charge in [-0.2, -0.15) is 0 Å². The zero-order valence-electron chi connectivity index (χ0n) is 15.6. The number of carboxylic acids is 1. The van der Waals surface area contributed by atoms with Crippen LogP contribution in [0.25, 0.3) is 0 Å². The van der Waals surface area contributed by atoms with Crippen molar-refractivity contribution in [1.82, 2.24) is 10.2 Å². The van der Waals surface area contributed by atoms with Crippen LogP contribution in [0, 0.1) is 5.92 Å². The summed E-state index contributed by atoms with van der Waals surface area (Å²) in [7, 11) is 0. The first-order valence-corrected chi connectivity index (χ1v) is 9.73. The van der Waals surface area contributed by atoms with Crippen molar-refractivity contribution in [2.24, 2.45) is 5.92 Å². The van der Waals surface area contributed by atoms with E-state index in [4.69, 9.17) is 0 Å². The third-order valence-corrected chi connectivity index (χ3v) is 4.60. The first-order valence-electron chi connectivity index (χ1n) is 8.75. The predicted molar refractivity (Wildman–Crippen MR) is 104 cm³/mol. The molecule has 0 saturated carbocycles. The van der Waals surface area contributed by atoms with Gasteiger partial charge in [0.15, 0.2) is 5.12 Å². The van der Waals surface area contributed by atoms with Crippen LogP contribution in [-0.4, -0.2) is 52.0 Å². The maximum atomic E-state index is 12.6. The number of nitrogens with zero attached hydrogens (tertiary/aromatic N) is 1. The van der Waals surface area contributed by atoms with Crippen LogP contribution >= 0.6 is 11.8 Å². The van der Waals surface area contributed by atoms with Gasteiger partial charge in [0.25, 0.3) is 0 Å². The molecular weight excluding hydrogens is 352 g/mol. The molecule has 1 aromatic carbocycles. The Labute approximate surface area is 159 Å². The maximum Gasteiger partial charge on any atom is 0.326 e. The van der Waals surface area contributed by atoms with Gasteiger partial charge in [-0.15, -0.1) is 0 Å². The molecule has 6 nitrogen and oxygen atoms in total. The molecule has 0 spiro atoms. The smallest absolute Gasteiger partial charge is 0.326 e. The Bertz CT molecular complexity index is 592. The van der Waals surface area contributed by atoms with Crippen LogP contribution in [0.5, 0.6) is 0 Å². The average Bonchev–Trinajstić information content (AvgIpc) is 2.57. The Morgan fingerprint density at radius 1 is 1.15 bits per heavy atom. The Kier molecular flexibility index (Phi) is 9.80. The van der Waals surface area contributed by atoms with E-state index in [0.29, 0.717) is 24.8 Å². The molecule has 7 heteroatoms. The molecule has 0 bridgehead atoms. The molecule has 0 fully saturated rings. The fourth-order valence-electron chi connectivity index (χ4n) is 2.32. The fourth-order valence-corrected chi connectivity index (χ4v) is 2.92. The van der Waals surface area contributed by atoms with Crippen molar-refractivity contribution in [3.63, 3.8) is 0 Å². The number of benzene rings is 1. The third kappa shape index (κ3) is 8.89. The Morgan fingerprint density at radius 3 is 2.35 bits per heavy atom. The van der Waals surface area contributed by atoms with E-state index >= 15 is 0 Å². The second-order valence-electron chi connectivity index (χ2n) is 6.54. The van der Waals surface area contributed by atoms with Crippen molar-refractivity contribution in [1.29, 1.82) is 0 Å². The van der Waals surface area contributed by atoms with Crippen molar-refractivity contribution in [2.45, 2.75) is 39.7 Å². The molecule has 144 valence electrons. The molecule has 1 aromatic rings. The van der Waals surface area contributed by atoms with Crippen molar-refractivity contribution >= 4 is 28.9 Å². The predicted octanol–water partition coefficient (Wildman–Crippen LogP) is 3.02. The van der Waals surface area contributed by atoms with Gasteiger partial charge in [0, 0.05) is 32.2 Å². The van der Waals surface area contributed by atoms with Gasteiger partial charge in [-0.3, -0.25) is 4.79 Å². The van der Waals surface area contributed by atoms with E-state index in [1.807, 2.05) is 30.3 Å². The van der Waals surface area contributed by atoms with Crippen LogP contribution in [-0.2, 0) is 16.0 Å². The largest absolute Gasteiger partial charge is 0.480 e. The van der Waals surface area contributed by atoms with Gasteiger partial charge in [0.05, 0.1) is 0 Å². The highest BCUT2D eigenvalue weighted by Crippen LogP contribution is 2.08. The standard InChI is InChI=1S/C19H28N2O4S/c1-14(2)9-10-21(11-12-26-15(3)22)19(25)20-17(18(23)24)13-16-7-5-4-6-8-16/h4-8,14,17H,9-13H2,1-3H3,(H,20,25)(H,23,24). The molecular formula is C19H28N2O4S. The first kappa shape index (κ1) is 22.0. The molecule has 2 N–H and O–H groups in total. The quantitative estimate of drug-likeness (QED) is 0.651. The van der Waals surface area contributed by atoms with Crippen LogP contribution < -0.4 is 5.32 Å². The summed E-state index contributed by atoms with van der Waals surface area (Å²) in [6.45, 7) is 6.55. The minimum Gasteiger partial charge on any atom is -0.480 e. The van der Waals surface area contributed by atoms with Gasteiger partial charge >= 0.3 is 12.0 Å². The Morgan fingerprint density at radius 2 is 1.81 bits per heavy atom. The zero-order chi connectivity index (χ0) is 19.5. The van der Waals surface area contributed by atoms with E-state index in [0.717, 1.165) is 23.7 Å². The number of thioether (sulfide) groups is 1. The molecule has 2 amide bonds. The van der Waals surface area contributed by atoms with Gasteiger partial charge in [-0.05, 0) is 17.9 Å². The zero-order valence-corrected chi connectivity index (χ0v) is 16.4. The average molecular weight is 381 g/mol. The highest BCUT2D eigenvalue weighted by atomic mass is 32.2. The Balaban J connectivity index is 2.72. The van der Waals surface area contributed by atoms with Crippen LogP contribution in [0.15, 0.2) is 30.3 Å². The molecule has 0 aliphatic heterocycles. The molecule has 0 aromatic heterocycles. The van der Waals surface area contributed by atoms with E-state index < -0.39 is 18.0 Å². The number of hydrogen-bond acceptors (Lipinski definition) is 4. The molecule has 0 saturated heterocycles. The van der Waals surface area contributed by atoms with Crippen LogP contribution in [0.4, 0.5) is 4.79 Å². The molecule has 1 atom stereocenters. The van der Waals surface area contributed by atoms with Crippen molar-refractivity contribution in [3.05, 3.63) is 35.9 Å². The third-order valence-electron chi connectivity index (χ3n) is 3.81. The second-order valence-corrected chi connectivity index (χ2v) is 7.81. The number of carboxylic acid groups (broad SMARTS) is 1. The highest BCUT2D eigenvalue weighted by molar-refractivity contribution is 8.13.